The lowest BCUT2D eigenvalue weighted by Gasteiger charge is -2.12. The van der Waals surface area contributed by atoms with Gasteiger partial charge in [0.25, 0.3) is 0 Å². The molecule has 138 valence electrons. The normalized spacial score (nSPS) is 11.1. The number of hydrogen-bond acceptors (Lipinski definition) is 3. The molecule has 26 heavy (non-hydrogen) atoms. The summed E-state index contributed by atoms with van der Waals surface area (Å²) in [6.45, 7) is 1.47. The average molecular weight is 374 g/mol. The number of amides is 1. The molecule has 7 heteroatoms. The van der Waals surface area contributed by atoms with Crippen molar-refractivity contribution in [2.45, 2.75) is 12.8 Å². The maximum atomic E-state index is 11.9. The third kappa shape index (κ3) is 7.53. The summed E-state index contributed by atoms with van der Waals surface area (Å²) in [6.07, 6.45) is 3.35. The zero-order valence-corrected chi connectivity index (χ0v) is 15.6. The van der Waals surface area contributed by atoms with Crippen LogP contribution in [0.3, 0.4) is 0 Å². The highest BCUT2D eigenvalue weighted by Gasteiger charge is 2.03. The van der Waals surface area contributed by atoms with Crippen molar-refractivity contribution in [1.82, 2.24) is 20.9 Å². The summed E-state index contributed by atoms with van der Waals surface area (Å²) in [5, 5.41) is 9.55. The van der Waals surface area contributed by atoms with Gasteiger partial charge in [0.1, 0.15) is 5.15 Å². The monoisotopic (exact) mass is 373 g/mol. The molecule has 0 radical (unpaired) electrons. The van der Waals surface area contributed by atoms with Crippen molar-refractivity contribution < 1.29 is 4.79 Å². The number of hydrogen-bond donors (Lipinski definition) is 3. The van der Waals surface area contributed by atoms with E-state index in [1.807, 2.05) is 36.4 Å². The molecule has 1 aromatic carbocycles. The second kappa shape index (κ2) is 11.1. The number of carbonyl (C=O) groups is 1. The zero-order valence-electron chi connectivity index (χ0n) is 14.8. The van der Waals surface area contributed by atoms with Crippen molar-refractivity contribution in [2.24, 2.45) is 4.99 Å². The predicted octanol–water partition coefficient (Wildman–Crippen LogP) is 1.80. The van der Waals surface area contributed by atoms with E-state index < -0.39 is 0 Å². The van der Waals surface area contributed by atoms with E-state index >= 15 is 0 Å². The van der Waals surface area contributed by atoms with Gasteiger partial charge < -0.3 is 16.0 Å². The molecule has 0 spiro atoms. The topological polar surface area (TPSA) is 78.4 Å². The number of nitrogens with one attached hydrogen (secondary N) is 3. The van der Waals surface area contributed by atoms with E-state index in [9.17, 15) is 4.79 Å². The van der Waals surface area contributed by atoms with Crippen molar-refractivity contribution in [2.75, 3.05) is 26.7 Å². The summed E-state index contributed by atoms with van der Waals surface area (Å²) in [4.78, 5) is 20.1. The average Bonchev–Trinajstić information content (AvgIpc) is 2.67. The van der Waals surface area contributed by atoms with Gasteiger partial charge in [-0.15, -0.1) is 0 Å². The highest BCUT2D eigenvalue weighted by atomic mass is 35.5. The summed E-state index contributed by atoms with van der Waals surface area (Å²) >= 11 is 5.77. The van der Waals surface area contributed by atoms with Gasteiger partial charge in [-0.1, -0.05) is 48.0 Å². The summed E-state index contributed by atoms with van der Waals surface area (Å²) in [6, 6.07) is 13.8. The Kier molecular flexibility index (Phi) is 8.42. The van der Waals surface area contributed by atoms with Crippen molar-refractivity contribution in [3.8, 4) is 0 Å². The molecule has 1 amide bonds. The number of halogens is 1. The minimum Gasteiger partial charge on any atom is -0.356 e. The van der Waals surface area contributed by atoms with Crippen LogP contribution in [-0.4, -0.2) is 43.5 Å². The van der Waals surface area contributed by atoms with Crippen LogP contribution in [0.25, 0.3) is 0 Å². The zero-order chi connectivity index (χ0) is 18.6. The molecule has 2 aromatic rings. The summed E-state index contributed by atoms with van der Waals surface area (Å²) in [5.74, 6) is 0.524. The van der Waals surface area contributed by atoms with Crippen molar-refractivity contribution >= 4 is 23.5 Å². The van der Waals surface area contributed by atoms with Crippen LogP contribution in [0, 0.1) is 0 Å². The second-order valence-corrected chi connectivity index (χ2v) is 6.06. The molecule has 0 saturated carbocycles. The Morgan fingerprint density at radius 3 is 2.42 bits per heavy atom. The van der Waals surface area contributed by atoms with E-state index in [2.05, 4.69) is 25.9 Å². The molecule has 2 rings (SSSR count). The quantitative estimate of drug-likeness (QED) is 0.374. The van der Waals surface area contributed by atoms with Crippen LogP contribution in [0.4, 0.5) is 0 Å². The lowest BCUT2D eigenvalue weighted by molar-refractivity contribution is -0.119. The summed E-state index contributed by atoms with van der Waals surface area (Å²) < 4.78 is 0. The minimum atomic E-state index is -0.0641. The van der Waals surface area contributed by atoms with Crippen LogP contribution in [0.5, 0.6) is 0 Å². The molecular formula is C19H24ClN5O. The first-order valence-corrected chi connectivity index (χ1v) is 8.91. The Morgan fingerprint density at radius 1 is 1.00 bits per heavy atom. The van der Waals surface area contributed by atoms with Crippen LogP contribution in [0.2, 0.25) is 5.15 Å². The molecule has 0 fully saturated rings. The lowest BCUT2D eigenvalue weighted by atomic mass is 10.1. The number of nitrogens with zero attached hydrogens (tertiary/aromatic N) is 2. The number of aromatic nitrogens is 1. The van der Waals surface area contributed by atoms with Gasteiger partial charge >= 0.3 is 0 Å². The molecular weight excluding hydrogens is 350 g/mol. The smallest absolute Gasteiger partial charge is 0.239 e. The fourth-order valence-electron chi connectivity index (χ4n) is 2.32. The SMILES string of the molecule is CN=C(NCCc1ccc(Cl)nc1)NCC(=O)NCCc1ccccc1. The number of aliphatic imine (C=N–C) groups is 1. The molecule has 1 aromatic heterocycles. The van der Waals surface area contributed by atoms with Crippen molar-refractivity contribution in [3.63, 3.8) is 0 Å². The third-order valence-electron chi connectivity index (χ3n) is 3.71. The first-order valence-electron chi connectivity index (χ1n) is 8.53. The van der Waals surface area contributed by atoms with Gasteiger partial charge in [0.05, 0.1) is 6.54 Å². The van der Waals surface area contributed by atoms with E-state index in [1.54, 1.807) is 19.3 Å². The second-order valence-electron chi connectivity index (χ2n) is 5.68. The largest absolute Gasteiger partial charge is 0.356 e. The molecule has 0 unspecified atom stereocenters. The van der Waals surface area contributed by atoms with Gasteiger partial charge in [-0.2, -0.15) is 0 Å². The Morgan fingerprint density at radius 2 is 1.73 bits per heavy atom. The van der Waals surface area contributed by atoms with Crippen molar-refractivity contribution in [3.05, 3.63) is 64.9 Å². The van der Waals surface area contributed by atoms with E-state index in [0.29, 0.717) is 24.2 Å². The summed E-state index contributed by atoms with van der Waals surface area (Å²) in [5.41, 5.74) is 2.28. The fourth-order valence-corrected chi connectivity index (χ4v) is 2.43. The molecule has 0 aliphatic carbocycles. The van der Waals surface area contributed by atoms with Crippen LogP contribution >= 0.6 is 11.6 Å². The number of rotatable bonds is 8. The number of benzene rings is 1. The minimum absolute atomic E-state index is 0.0641. The number of guanidine groups is 1. The van der Waals surface area contributed by atoms with E-state index in [4.69, 9.17) is 11.6 Å². The van der Waals surface area contributed by atoms with Gasteiger partial charge in [-0.05, 0) is 30.0 Å². The Balaban J connectivity index is 1.61. The van der Waals surface area contributed by atoms with Crippen LogP contribution < -0.4 is 16.0 Å². The van der Waals surface area contributed by atoms with E-state index in [0.717, 1.165) is 18.4 Å². The molecule has 0 bridgehead atoms. The molecule has 0 atom stereocenters. The van der Waals surface area contributed by atoms with Gasteiger partial charge in [-0.25, -0.2) is 4.98 Å². The molecule has 0 saturated heterocycles. The first kappa shape index (κ1) is 19.7. The first-order chi connectivity index (χ1) is 12.7. The molecule has 0 aliphatic heterocycles. The van der Waals surface area contributed by atoms with Gasteiger partial charge in [-0.3, -0.25) is 9.79 Å². The van der Waals surface area contributed by atoms with Crippen molar-refractivity contribution in [1.29, 1.82) is 0 Å². The van der Waals surface area contributed by atoms with E-state index in [1.165, 1.54) is 5.56 Å². The standard InChI is InChI=1S/C19H24ClN5O/c1-21-19(23-12-10-16-7-8-17(20)24-13-16)25-14-18(26)22-11-9-15-5-3-2-4-6-15/h2-8,13H,9-12,14H2,1H3,(H,22,26)(H2,21,23,25). The predicted molar refractivity (Wildman–Crippen MR) is 105 cm³/mol. The van der Waals surface area contributed by atoms with Gasteiger partial charge in [0.2, 0.25) is 5.91 Å². The Labute approximate surface area is 159 Å². The van der Waals surface area contributed by atoms with E-state index in [-0.39, 0.29) is 12.5 Å². The van der Waals surface area contributed by atoms with Crippen LogP contribution in [-0.2, 0) is 17.6 Å². The maximum absolute atomic E-state index is 11.9. The third-order valence-corrected chi connectivity index (χ3v) is 3.94. The highest BCUT2D eigenvalue weighted by molar-refractivity contribution is 6.29. The molecule has 0 aliphatic rings. The molecule has 6 nitrogen and oxygen atoms in total. The highest BCUT2D eigenvalue weighted by Crippen LogP contribution is 2.05. The molecule has 3 N–H and O–H groups in total. The molecule has 1 heterocycles. The Bertz CT molecular complexity index is 704. The fraction of sp³-hybridized carbons (Fsp3) is 0.316. The number of pyridine rings is 1. The van der Waals surface area contributed by atoms with Gasteiger partial charge in [0.15, 0.2) is 5.96 Å². The summed E-state index contributed by atoms with van der Waals surface area (Å²) in [7, 11) is 1.67. The lowest BCUT2D eigenvalue weighted by Crippen LogP contribution is -2.44. The maximum Gasteiger partial charge on any atom is 0.239 e. The van der Waals surface area contributed by atoms with Gasteiger partial charge in [0, 0.05) is 26.3 Å². The van der Waals surface area contributed by atoms with Crippen LogP contribution in [0.15, 0.2) is 53.7 Å². The Hall–Kier alpha value is -2.60. The van der Waals surface area contributed by atoms with Crippen LogP contribution in [0.1, 0.15) is 11.1 Å². The number of carbonyl (C=O) groups excluding carboxylic acids is 1.